The third-order valence-corrected chi connectivity index (χ3v) is 7.39. The second-order valence-electron chi connectivity index (χ2n) is 9.93. The highest BCUT2D eigenvalue weighted by Gasteiger charge is 2.43. The summed E-state index contributed by atoms with van der Waals surface area (Å²) in [4.78, 5) is 29.2. The van der Waals surface area contributed by atoms with Gasteiger partial charge in [-0.1, -0.05) is 65.7 Å². The van der Waals surface area contributed by atoms with Crippen molar-refractivity contribution in [1.29, 1.82) is 0 Å². The Morgan fingerprint density at radius 1 is 1.03 bits per heavy atom. The molecule has 7 nitrogen and oxygen atoms in total. The fraction of sp³-hybridized carbons (Fsp3) is 0.667. The first kappa shape index (κ1) is 30.5. The van der Waals surface area contributed by atoms with Crippen LogP contribution in [0.5, 0.6) is 11.5 Å². The molecule has 0 bridgehead atoms. The van der Waals surface area contributed by atoms with Crippen LogP contribution < -0.4 is 20.1 Å². The molecule has 0 aromatic heterocycles. The van der Waals surface area contributed by atoms with Crippen LogP contribution in [0, 0.1) is 0 Å². The average molecular weight is 516 g/mol. The lowest BCUT2D eigenvalue weighted by Crippen LogP contribution is -2.63. The van der Waals surface area contributed by atoms with Crippen molar-refractivity contribution in [2.45, 2.75) is 103 Å². The number of nitrogens with zero attached hydrogens (tertiary/aromatic N) is 1. The molecule has 0 spiro atoms. The average Bonchev–Trinajstić information content (AvgIpc) is 2.95. The van der Waals surface area contributed by atoms with Crippen LogP contribution in [-0.4, -0.2) is 55.6 Å². The van der Waals surface area contributed by atoms with Gasteiger partial charge in [0, 0.05) is 30.8 Å². The van der Waals surface area contributed by atoms with E-state index < -0.39 is 5.54 Å². The molecule has 0 saturated heterocycles. The summed E-state index contributed by atoms with van der Waals surface area (Å²) >= 11 is 0. The van der Waals surface area contributed by atoms with E-state index in [-0.39, 0.29) is 24.4 Å². The summed E-state index contributed by atoms with van der Waals surface area (Å²) in [6, 6.07) is 3.81. The third kappa shape index (κ3) is 7.89. The first-order valence-corrected chi connectivity index (χ1v) is 14.2. The molecule has 2 amide bonds. The van der Waals surface area contributed by atoms with Crippen LogP contribution in [0.1, 0.15) is 97.5 Å². The number of fused-ring (bicyclic) bond motifs is 1. The number of hydrogen-bond acceptors (Lipinski definition) is 5. The predicted octanol–water partition coefficient (Wildman–Crippen LogP) is 6.18. The van der Waals surface area contributed by atoms with E-state index in [9.17, 15) is 9.59 Å². The second kappa shape index (κ2) is 15.5. The van der Waals surface area contributed by atoms with Gasteiger partial charge in [-0.2, -0.15) is 0 Å². The molecule has 2 N–H and O–H groups in total. The van der Waals surface area contributed by atoms with Gasteiger partial charge in [0.15, 0.2) is 0 Å². The molecule has 3 rings (SSSR count). The topological polar surface area (TPSA) is 79.9 Å². The number of rotatable bonds is 8. The van der Waals surface area contributed by atoms with Crippen LogP contribution >= 0.6 is 0 Å². The summed E-state index contributed by atoms with van der Waals surface area (Å²) in [7, 11) is 3.22. The van der Waals surface area contributed by atoms with E-state index in [1.807, 2.05) is 32.9 Å². The van der Waals surface area contributed by atoms with Crippen molar-refractivity contribution >= 4 is 23.6 Å². The lowest BCUT2D eigenvalue weighted by atomic mass is 9.93. The summed E-state index contributed by atoms with van der Waals surface area (Å²) < 4.78 is 11.2. The number of ether oxygens (including phenoxy) is 2. The molecule has 1 atom stereocenters. The Labute approximate surface area is 224 Å². The number of benzene rings is 1. The highest BCUT2D eigenvalue weighted by atomic mass is 16.5. The Bertz CT molecular complexity index is 893. The molecule has 0 radical (unpaired) electrons. The van der Waals surface area contributed by atoms with Gasteiger partial charge in [0.2, 0.25) is 11.8 Å². The number of amides is 2. The summed E-state index contributed by atoms with van der Waals surface area (Å²) in [5.41, 5.74) is 0.391. The zero-order valence-corrected chi connectivity index (χ0v) is 24.0. The Morgan fingerprint density at radius 2 is 1.65 bits per heavy atom. The molecule has 37 heavy (non-hydrogen) atoms. The maximum Gasteiger partial charge on any atom is 0.247 e. The van der Waals surface area contributed by atoms with E-state index in [1.165, 1.54) is 19.3 Å². The number of methoxy groups -OCH3 is 2. The number of carbonyl (C=O) groups is 2. The van der Waals surface area contributed by atoms with E-state index in [2.05, 4.69) is 17.6 Å². The molecule has 2 aliphatic rings. The summed E-state index contributed by atoms with van der Waals surface area (Å²) in [6.45, 7) is 8.81. The second-order valence-corrected chi connectivity index (χ2v) is 9.93. The number of carbonyl (C=O) groups excluding carboxylic acids is 2. The maximum atomic E-state index is 13.9. The number of anilines is 1. The lowest BCUT2D eigenvalue weighted by Gasteiger charge is -2.41. The van der Waals surface area contributed by atoms with Crippen molar-refractivity contribution in [3.05, 3.63) is 23.8 Å². The molecule has 1 saturated carbocycles. The zero-order chi connectivity index (χ0) is 27.3. The van der Waals surface area contributed by atoms with Gasteiger partial charge in [-0.05, 0) is 44.4 Å². The molecule has 7 heteroatoms. The normalized spacial score (nSPS) is 21.4. The molecule has 1 unspecified atom stereocenters. The Balaban J connectivity index is 0.00000235. The van der Waals surface area contributed by atoms with E-state index >= 15 is 0 Å². The van der Waals surface area contributed by atoms with Crippen LogP contribution in [-0.2, 0) is 9.59 Å². The van der Waals surface area contributed by atoms with Crippen molar-refractivity contribution in [3.63, 3.8) is 0 Å². The number of nitrogens with one attached hydrogen (secondary N) is 2. The number of hydrogen-bond donors (Lipinski definition) is 2. The first-order valence-electron chi connectivity index (χ1n) is 14.2. The fourth-order valence-electron chi connectivity index (χ4n) is 5.14. The maximum absolute atomic E-state index is 13.9. The van der Waals surface area contributed by atoms with E-state index in [1.54, 1.807) is 31.3 Å². The van der Waals surface area contributed by atoms with E-state index in [0.717, 1.165) is 56.2 Å². The monoisotopic (exact) mass is 515 g/mol. The van der Waals surface area contributed by atoms with Crippen molar-refractivity contribution in [3.8, 4) is 11.5 Å². The first-order chi connectivity index (χ1) is 17.9. The van der Waals surface area contributed by atoms with Crippen molar-refractivity contribution < 1.29 is 19.1 Å². The summed E-state index contributed by atoms with van der Waals surface area (Å²) in [6.07, 6.45) is 14.2. The molecule has 1 aromatic carbocycles. The minimum Gasteiger partial charge on any atom is -0.496 e. The summed E-state index contributed by atoms with van der Waals surface area (Å²) in [5.74, 6) is 1.01. The summed E-state index contributed by atoms with van der Waals surface area (Å²) in [5, 5.41) is 6.79. The standard InChI is InChI=1S/C28H43N3O4.C2H6/c1-5-6-12-19-31-25(32)18-15-22-23(34-3)16-17-24(35-4)26(22)29-20-28(31,2)27(33)30-21-13-10-8-7-9-11-14-21;1-2/h15-18,21,29H,5-14,19-20H2,1-4H3,(H,30,33);1-2H3/b18-15+;. The predicted molar refractivity (Wildman–Crippen MR) is 152 cm³/mol. The van der Waals surface area contributed by atoms with Gasteiger partial charge in [-0.3, -0.25) is 9.59 Å². The smallest absolute Gasteiger partial charge is 0.247 e. The van der Waals surface area contributed by atoms with Crippen LogP contribution in [0.15, 0.2) is 18.2 Å². The van der Waals surface area contributed by atoms with Gasteiger partial charge in [0.05, 0.1) is 19.9 Å². The lowest BCUT2D eigenvalue weighted by molar-refractivity contribution is -0.143. The van der Waals surface area contributed by atoms with E-state index in [4.69, 9.17) is 9.47 Å². The van der Waals surface area contributed by atoms with Crippen LogP contribution in [0.25, 0.3) is 6.08 Å². The molecule has 1 aliphatic carbocycles. The van der Waals surface area contributed by atoms with Gasteiger partial charge in [0.25, 0.3) is 0 Å². The molecule has 1 fully saturated rings. The largest absolute Gasteiger partial charge is 0.496 e. The zero-order valence-electron chi connectivity index (χ0n) is 24.0. The molecular weight excluding hydrogens is 466 g/mol. The molecule has 1 aromatic rings. The van der Waals surface area contributed by atoms with Gasteiger partial charge in [-0.25, -0.2) is 0 Å². The van der Waals surface area contributed by atoms with Gasteiger partial charge in [-0.15, -0.1) is 0 Å². The molecule has 1 heterocycles. The molecular formula is C30H49N3O4. The van der Waals surface area contributed by atoms with Crippen molar-refractivity contribution in [2.24, 2.45) is 0 Å². The third-order valence-electron chi connectivity index (χ3n) is 7.39. The SMILES string of the molecule is CC.CCCCCN1C(=O)/C=C/c2c(OC)ccc(OC)c2NCC1(C)C(=O)NC1CCCCCCC1. The minimum atomic E-state index is -1.06. The Morgan fingerprint density at radius 3 is 2.27 bits per heavy atom. The Kier molecular flexibility index (Phi) is 12.8. The highest BCUT2D eigenvalue weighted by Crippen LogP contribution is 2.38. The van der Waals surface area contributed by atoms with Crippen molar-refractivity contribution in [2.75, 3.05) is 32.6 Å². The van der Waals surface area contributed by atoms with E-state index in [0.29, 0.717) is 18.0 Å². The minimum absolute atomic E-state index is 0.0980. The Hall–Kier alpha value is -2.70. The molecule has 1 aliphatic heterocycles. The van der Waals surface area contributed by atoms with Gasteiger partial charge >= 0.3 is 0 Å². The molecule has 208 valence electrons. The highest BCUT2D eigenvalue weighted by molar-refractivity contribution is 5.99. The van der Waals surface area contributed by atoms with Crippen molar-refractivity contribution in [1.82, 2.24) is 10.2 Å². The van der Waals surface area contributed by atoms with Crippen LogP contribution in [0.4, 0.5) is 5.69 Å². The number of unbranched alkanes of at least 4 members (excludes halogenated alkanes) is 2. The van der Waals surface area contributed by atoms with Gasteiger partial charge in [0.1, 0.15) is 17.0 Å². The quantitative estimate of drug-likeness (QED) is 0.405. The van der Waals surface area contributed by atoms with Crippen LogP contribution in [0.2, 0.25) is 0 Å². The van der Waals surface area contributed by atoms with Crippen LogP contribution in [0.3, 0.4) is 0 Å². The fourth-order valence-corrected chi connectivity index (χ4v) is 5.14. The van der Waals surface area contributed by atoms with Gasteiger partial charge < -0.3 is 25.0 Å².